The van der Waals surface area contributed by atoms with Gasteiger partial charge in [0, 0.05) is 6.20 Å². The second-order valence-electron chi connectivity index (χ2n) is 10.5. The van der Waals surface area contributed by atoms with E-state index in [4.69, 9.17) is 15.0 Å². The number of nitrogens with zero attached hydrogens (tertiary/aromatic N) is 4. The normalized spacial score (nSPS) is 22.1. The highest BCUT2D eigenvalue weighted by Crippen LogP contribution is 2.39. The van der Waals surface area contributed by atoms with Crippen LogP contribution in [0.5, 0.6) is 0 Å². The minimum Gasteiger partial charge on any atom is -0.390 e. The second-order valence-corrected chi connectivity index (χ2v) is 11.6. The fraction of sp³-hybridized carbons (Fsp3) is 0.448. The van der Waals surface area contributed by atoms with Crippen LogP contribution in [0.1, 0.15) is 68.6 Å². The van der Waals surface area contributed by atoms with Gasteiger partial charge in [0.05, 0.1) is 39.8 Å². The third kappa shape index (κ3) is 5.10. The summed E-state index contributed by atoms with van der Waals surface area (Å²) in [5, 5.41) is 29.1. The molecule has 0 aliphatic heterocycles. The highest BCUT2D eigenvalue weighted by atomic mass is 32.1. The zero-order chi connectivity index (χ0) is 27.0. The summed E-state index contributed by atoms with van der Waals surface area (Å²) < 4.78 is 1.07. The van der Waals surface area contributed by atoms with Crippen molar-refractivity contribution in [3.05, 3.63) is 59.0 Å². The summed E-state index contributed by atoms with van der Waals surface area (Å²) in [4.78, 5) is 19.3. The van der Waals surface area contributed by atoms with Gasteiger partial charge in [0.15, 0.2) is 0 Å². The van der Waals surface area contributed by atoms with Crippen molar-refractivity contribution in [1.29, 1.82) is 0 Å². The van der Waals surface area contributed by atoms with Crippen molar-refractivity contribution in [2.45, 2.75) is 84.1 Å². The molecule has 0 amide bonds. The molecule has 1 aliphatic carbocycles. The molecule has 0 bridgehead atoms. The SMILES string of the molecule is CCCc1nccc2sc(-c3c(C)nc(N[C@H](C)c4ccc(C)cc4)nc3N[C@@H]3CC[C@@H](O)[C@@]3(C)O)nc12. The average molecular weight is 533 g/mol. The molecule has 5 rings (SSSR count). The molecular weight excluding hydrogens is 496 g/mol. The van der Waals surface area contributed by atoms with Gasteiger partial charge in [-0.05, 0) is 58.6 Å². The van der Waals surface area contributed by atoms with E-state index in [0.717, 1.165) is 50.6 Å². The molecule has 0 radical (unpaired) electrons. The lowest BCUT2D eigenvalue weighted by Crippen LogP contribution is -2.47. The lowest BCUT2D eigenvalue weighted by molar-refractivity contribution is -0.0439. The van der Waals surface area contributed by atoms with Crippen LogP contribution < -0.4 is 10.6 Å². The molecule has 1 fully saturated rings. The highest BCUT2D eigenvalue weighted by molar-refractivity contribution is 7.21. The standard InChI is InChI=1S/C29H36N6O2S/c1-6-7-20-25-21(14-15-30-20)38-27(34-25)24-18(4)32-28(31-17(3)19-10-8-16(2)9-11-19)35-26(24)33-22-12-13-23(36)29(22,5)37/h8-11,14-15,17,22-23,36-37H,6-7,12-13H2,1-5H3,(H2,31,32,33,35)/t17-,22-,23-,29+/m1/s1. The maximum absolute atomic E-state index is 11.0. The number of thiazole rings is 1. The maximum Gasteiger partial charge on any atom is 0.225 e. The molecule has 4 N–H and O–H groups in total. The Kier molecular flexibility index (Phi) is 7.35. The third-order valence-corrected chi connectivity index (χ3v) is 8.55. The molecule has 4 atom stereocenters. The number of hydrogen-bond donors (Lipinski definition) is 4. The fourth-order valence-corrected chi connectivity index (χ4v) is 6.17. The minimum absolute atomic E-state index is 0.00441. The van der Waals surface area contributed by atoms with E-state index in [9.17, 15) is 10.2 Å². The van der Waals surface area contributed by atoms with Crippen LogP contribution in [0.15, 0.2) is 36.5 Å². The molecule has 0 spiro atoms. The van der Waals surface area contributed by atoms with E-state index in [2.05, 4.69) is 60.7 Å². The summed E-state index contributed by atoms with van der Waals surface area (Å²) in [7, 11) is 0. The van der Waals surface area contributed by atoms with Gasteiger partial charge in [-0.15, -0.1) is 11.3 Å². The van der Waals surface area contributed by atoms with Crippen LogP contribution in [0.2, 0.25) is 0 Å². The topological polar surface area (TPSA) is 116 Å². The molecule has 38 heavy (non-hydrogen) atoms. The van der Waals surface area contributed by atoms with Crippen molar-refractivity contribution in [3.8, 4) is 10.6 Å². The Morgan fingerprint density at radius 1 is 1.11 bits per heavy atom. The van der Waals surface area contributed by atoms with Gasteiger partial charge in [-0.2, -0.15) is 4.98 Å². The third-order valence-electron chi connectivity index (χ3n) is 7.52. The van der Waals surface area contributed by atoms with Gasteiger partial charge in [-0.1, -0.05) is 43.2 Å². The van der Waals surface area contributed by atoms with Gasteiger partial charge in [-0.25, -0.2) is 9.97 Å². The van der Waals surface area contributed by atoms with Gasteiger partial charge < -0.3 is 20.8 Å². The molecule has 8 nitrogen and oxygen atoms in total. The second kappa shape index (κ2) is 10.6. The number of pyridine rings is 1. The van der Waals surface area contributed by atoms with Crippen LogP contribution in [-0.4, -0.2) is 47.9 Å². The summed E-state index contributed by atoms with van der Waals surface area (Å²) in [5.41, 5.74) is 4.57. The number of benzene rings is 1. The number of aliphatic hydroxyl groups excluding tert-OH is 1. The van der Waals surface area contributed by atoms with E-state index in [1.807, 2.05) is 19.2 Å². The molecule has 0 saturated heterocycles. The lowest BCUT2D eigenvalue weighted by Gasteiger charge is -2.30. The van der Waals surface area contributed by atoms with E-state index >= 15 is 0 Å². The number of fused-ring (bicyclic) bond motifs is 1. The van der Waals surface area contributed by atoms with Gasteiger partial charge >= 0.3 is 0 Å². The molecule has 3 heterocycles. The van der Waals surface area contributed by atoms with Crippen LogP contribution in [0.25, 0.3) is 20.8 Å². The minimum atomic E-state index is -1.27. The van der Waals surface area contributed by atoms with E-state index < -0.39 is 11.7 Å². The molecule has 9 heteroatoms. The predicted molar refractivity (Wildman–Crippen MR) is 154 cm³/mol. The Balaban J connectivity index is 1.56. The van der Waals surface area contributed by atoms with E-state index in [1.165, 1.54) is 5.56 Å². The number of hydrogen-bond acceptors (Lipinski definition) is 9. The molecule has 4 aromatic rings. The fourth-order valence-electron chi connectivity index (χ4n) is 5.09. The van der Waals surface area contributed by atoms with Crippen molar-refractivity contribution in [2.75, 3.05) is 10.6 Å². The van der Waals surface area contributed by atoms with E-state index in [0.29, 0.717) is 24.6 Å². The van der Waals surface area contributed by atoms with Crippen LogP contribution in [0, 0.1) is 13.8 Å². The largest absolute Gasteiger partial charge is 0.390 e. The van der Waals surface area contributed by atoms with E-state index in [-0.39, 0.29) is 12.1 Å². The lowest BCUT2D eigenvalue weighted by atomic mass is 9.98. The van der Waals surface area contributed by atoms with Gasteiger partial charge in [0.25, 0.3) is 0 Å². The maximum atomic E-state index is 11.0. The smallest absolute Gasteiger partial charge is 0.225 e. The Morgan fingerprint density at radius 3 is 2.55 bits per heavy atom. The molecule has 0 unspecified atom stereocenters. The molecule has 1 saturated carbocycles. The highest BCUT2D eigenvalue weighted by Gasteiger charge is 2.45. The molecule has 1 aromatic carbocycles. The first-order chi connectivity index (χ1) is 18.2. The Hall–Kier alpha value is -3.14. The van der Waals surface area contributed by atoms with Gasteiger partial charge in [0.1, 0.15) is 21.9 Å². The Morgan fingerprint density at radius 2 is 1.87 bits per heavy atom. The van der Waals surface area contributed by atoms with Crippen molar-refractivity contribution >= 4 is 33.3 Å². The molecular formula is C29H36N6O2S. The summed E-state index contributed by atoms with van der Waals surface area (Å²) in [5.74, 6) is 1.09. The number of aryl methyl sites for hydroxylation is 3. The van der Waals surface area contributed by atoms with Crippen molar-refractivity contribution in [1.82, 2.24) is 19.9 Å². The zero-order valence-electron chi connectivity index (χ0n) is 22.6. The number of aliphatic hydroxyl groups is 2. The quantitative estimate of drug-likeness (QED) is 0.233. The van der Waals surface area contributed by atoms with Gasteiger partial charge in [-0.3, -0.25) is 4.98 Å². The van der Waals surface area contributed by atoms with Crippen LogP contribution in [-0.2, 0) is 6.42 Å². The van der Waals surface area contributed by atoms with Gasteiger partial charge in [0.2, 0.25) is 5.95 Å². The zero-order valence-corrected chi connectivity index (χ0v) is 23.4. The molecule has 1 aliphatic rings. The number of aromatic nitrogens is 4. The summed E-state index contributed by atoms with van der Waals surface area (Å²) in [6, 6.07) is 10.0. The Labute approximate surface area is 227 Å². The first-order valence-corrected chi connectivity index (χ1v) is 14.1. The van der Waals surface area contributed by atoms with Crippen molar-refractivity contribution in [3.63, 3.8) is 0 Å². The monoisotopic (exact) mass is 532 g/mol. The van der Waals surface area contributed by atoms with Crippen LogP contribution in [0.3, 0.4) is 0 Å². The summed E-state index contributed by atoms with van der Waals surface area (Å²) in [6.07, 6.45) is 4.05. The number of nitrogens with one attached hydrogen (secondary N) is 2. The van der Waals surface area contributed by atoms with Crippen LogP contribution in [0.4, 0.5) is 11.8 Å². The number of anilines is 2. The first-order valence-electron chi connectivity index (χ1n) is 13.3. The average Bonchev–Trinajstić information content (AvgIpc) is 3.41. The van der Waals surface area contributed by atoms with E-state index in [1.54, 1.807) is 18.3 Å². The first kappa shape index (κ1) is 26.5. The molecule has 200 valence electrons. The summed E-state index contributed by atoms with van der Waals surface area (Å²) >= 11 is 1.59. The van der Waals surface area contributed by atoms with Crippen LogP contribution >= 0.6 is 11.3 Å². The predicted octanol–water partition coefficient (Wildman–Crippen LogP) is 5.58. The Bertz CT molecular complexity index is 1440. The number of rotatable bonds is 8. The van der Waals surface area contributed by atoms with Crippen molar-refractivity contribution in [2.24, 2.45) is 0 Å². The molecule has 3 aromatic heterocycles. The van der Waals surface area contributed by atoms with Crippen molar-refractivity contribution < 1.29 is 10.2 Å². The summed E-state index contributed by atoms with van der Waals surface area (Å²) in [6.45, 7) is 9.93.